The standard InChI is InChI=1S/C22H24N4O2.ClH/c1-14(2)13-26-21(27)16-8-4-3-7-15(16)20(24-26)22(28)25-12-6-9-17-18(23)10-5-11-19(17)25;/h3-5,7-8,10-11,14H,6,9,12-13,23H2,1-2H3;1H. The van der Waals surface area contributed by atoms with E-state index >= 15 is 0 Å². The van der Waals surface area contributed by atoms with Crippen molar-refractivity contribution in [1.29, 1.82) is 0 Å². The fourth-order valence-electron chi connectivity index (χ4n) is 3.85. The quantitative estimate of drug-likeness (QED) is 0.666. The normalized spacial score (nSPS) is 13.3. The average Bonchev–Trinajstić information content (AvgIpc) is 2.69. The third kappa shape index (κ3) is 3.72. The van der Waals surface area contributed by atoms with Gasteiger partial charge in [0.1, 0.15) is 0 Å². The van der Waals surface area contributed by atoms with Crippen molar-refractivity contribution in [3.05, 3.63) is 64.1 Å². The summed E-state index contributed by atoms with van der Waals surface area (Å²) >= 11 is 0. The molecule has 152 valence electrons. The van der Waals surface area contributed by atoms with Crippen molar-refractivity contribution in [3.63, 3.8) is 0 Å². The van der Waals surface area contributed by atoms with Gasteiger partial charge < -0.3 is 10.6 Å². The van der Waals surface area contributed by atoms with E-state index < -0.39 is 0 Å². The Balaban J connectivity index is 0.00000240. The van der Waals surface area contributed by atoms with E-state index in [9.17, 15) is 9.59 Å². The molecule has 0 aliphatic carbocycles. The van der Waals surface area contributed by atoms with Gasteiger partial charge in [0.25, 0.3) is 11.5 Å². The number of anilines is 2. The van der Waals surface area contributed by atoms with E-state index in [1.54, 1.807) is 17.0 Å². The molecule has 1 aliphatic rings. The summed E-state index contributed by atoms with van der Waals surface area (Å²) in [5.74, 6) is 0.0464. The van der Waals surface area contributed by atoms with Gasteiger partial charge in [-0.25, -0.2) is 4.68 Å². The van der Waals surface area contributed by atoms with Crippen LogP contribution in [0.15, 0.2) is 47.3 Å². The molecule has 1 aromatic heterocycles. The Bertz CT molecular complexity index is 1120. The molecule has 0 radical (unpaired) electrons. The van der Waals surface area contributed by atoms with Crippen LogP contribution >= 0.6 is 12.4 Å². The van der Waals surface area contributed by atoms with E-state index in [4.69, 9.17) is 5.73 Å². The van der Waals surface area contributed by atoms with Crippen LogP contribution in [0.5, 0.6) is 0 Å². The van der Waals surface area contributed by atoms with E-state index in [2.05, 4.69) is 5.10 Å². The molecule has 1 aliphatic heterocycles. The topological polar surface area (TPSA) is 81.2 Å². The minimum absolute atomic E-state index is 0. The Morgan fingerprint density at radius 3 is 2.59 bits per heavy atom. The maximum Gasteiger partial charge on any atom is 0.279 e. The number of carbonyl (C=O) groups excluding carboxylic acids is 1. The molecule has 0 spiro atoms. The molecule has 2 heterocycles. The summed E-state index contributed by atoms with van der Waals surface area (Å²) in [7, 11) is 0. The highest BCUT2D eigenvalue weighted by molar-refractivity contribution is 6.13. The first kappa shape index (κ1) is 20.9. The molecule has 29 heavy (non-hydrogen) atoms. The van der Waals surface area contributed by atoms with Crippen LogP contribution in [0.25, 0.3) is 10.8 Å². The van der Waals surface area contributed by atoms with Gasteiger partial charge in [-0.2, -0.15) is 5.10 Å². The Hall–Kier alpha value is -2.86. The first-order valence-electron chi connectivity index (χ1n) is 9.66. The Labute approximate surface area is 175 Å². The number of hydrogen-bond donors (Lipinski definition) is 1. The molecule has 2 N–H and O–H groups in total. The second kappa shape index (κ2) is 8.25. The smallest absolute Gasteiger partial charge is 0.279 e. The van der Waals surface area contributed by atoms with Crippen LogP contribution in [0, 0.1) is 5.92 Å². The van der Waals surface area contributed by atoms with Crippen molar-refractivity contribution in [3.8, 4) is 0 Å². The van der Waals surface area contributed by atoms with Crippen LogP contribution in [0.1, 0.15) is 36.3 Å². The van der Waals surface area contributed by atoms with Crippen molar-refractivity contribution in [2.24, 2.45) is 5.92 Å². The molecule has 2 aromatic carbocycles. The van der Waals surface area contributed by atoms with Crippen molar-refractivity contribution in [2.45, 2.75) is 33.2 Å². The van der Waals surface area contributed by atoms with Gasteiger partial charge in [0, 0.05) is 29.9 Å². The molecule has 0 unspecified atom stereocenters. The van der Waals surface area contributed by atoms with Crippen molar-refractivity contribution in [1.82, 2.24) is 9.78 Å². The maximum atomic E-state index is 13.5. The number of hydrogen-bond acceptors (Lipinski definition) is 4. The van der Waals surface area contributed by atoms with Crippen LogP contribution < -0.4 is 16.2 Å². The minimum atomic E-state index is -0.194. The lowest BCUT2D eigenvalue weighted by Crippen LogP contribution is -2.38. The molecular weight excluding hydrogens is 388 g/mol. The van der Waals surface area contributed by atoms with Crippen molar-refractivity contribution in [2.75, 3.05) is 17.2 Å². The van der Waals surface area contributed by atoms with Gasteiger partial charge >= 0.3 is 0 Å². The molecule has 0 bridgehead atoms. The third-order valence-corrected chi connectivity index (χ3v) is 5.14. The summed E-state index contributed by atoms with van der Waals surface area (Å²) in [5, 5.41) is 5.60. The molecule has 1 amide bonds. The molecule has 3 aromatic rings. The number of rotatable bonds is 3. The van der Waals surface area contributed by atoms with Gasteiger partial charge in [-0.05, 0) is 42.5 Å². The molecule has 7 heteroatoms. The van der Waals surface area contributed by atoms with Gasteiger partial charge in [-0.3, -0.25) is 9.59 Å². The monoisotopic (exact) mass is 412 g/mol. The molecule has 0 saturated heterocycles. The van der Waals surface area contributed by atoms with Gasteiger partial charge in [-0.1, -0.05) is 38.1 Å². The molecule has 0 atom stereocenters. The van der Waals surface area contributed by atoms with Gasteiger partial charge in [0.15, 0.2) is 5.69 Å². The molecule has 0 fully saturated rings. The highest BCUT2D eigenvalue weighted by Gasteiger charge is 2.28. The third-order valence-electron chi connectivity index (χ3n) is 5.14. The molecule has 0 saturated carbocycles. The van der Waals surface area contributed by atoms with Crippen LogP contribution in [0.4, 0.5) is 11.4 Å². The largest absolute Gasteiger partial charge is 0.398 e. The number of halogens is 1. The summed E-state index contributed by atoms with van der Waals surface area (Å²) in [6, 6.07) is 12.9. The molecule has 6 nitrogen and oxygen atoms in total. The lowest BCUT2D eigenvalue weighted by Gasteiger charge is -2.30. The van der Waals surface area contributed by atoms with Crippen LogP contribution in [-0.4, -0.2) is 22.2 Å². The summed E-state index contributed by atoms with van der Waals surface area (Å²) in [6.45, 7) is 5.12. The van der Waals surface area contributed by atoms with Crippen molar-refractivity contribution < 1.29 is 4.79 Å². The number of aromatic nitrogens is 2. The summed E-state index contributed by atoms with van der Waals surface area (Å²) in [5.41, 5.74) is 8.83. The number of fused-ring (bicyclic) bond motifs is 2. The summed E-state index contributed by atoms with van der Waals surface area (Å²) in [4.78, 5) is 28.1. The number of nitrogen functional groups attached to an aromatic ring is 1. The number of amides is 1. The van der Waals surface area contributed by atoms with E-state index in [1.165, 1.54) is 4.68 Å². The van der Waals surface area contributed by atoms with Crippen LogP contribution in [0.2, 0.25) is 0 Å². The van der Waals surface area contributed by atoms with E-state index in [0.717, 1.165) is 24.1 Å². The maximum absolute atomic E-state index is 13.5. The molecular formula is C22H25ClN4O2. The Morgan fingerprint density at radius 1 is 1.14 bits per heavy atom. The average molecular weight is 413 g/mol. The number of carbonyl (C=O) groups is 1. The zero-order chi connectivity index (χ0) is 19.8. The highest BCUT2D eigenvalue weighted by Crippen LogP contribution is 2.32. The van der Waals surface area contributed by atoms with Gasteiger partial charge in [0.2, 0.25) is 0 Å². The predicted molar refractivity (Wildman–Crippen MR) is 119 cm³/mol. The van der Waals surface area contributed by atoms with Crippen molar-refractivity contribution >= 4 is 40.5 Å². The first-order chi connectivity index (χ1) is 13.5. The Morgan fingerprint density at radius 2 is 1.86 bits per heavy atom. The Kier molecular flexibility index (Phi) is 5.94. The zero-order valence-electron chi connectivity index (χ0n) is 16.6. The minimum Gasteiger partial charge on any atom is -0.398 e. The van der Waals surface area contributed by atoms with Gasteiger partial charge in [-0.15, -0.1) is 12.4 Å². The zero-order valence-corrected chi connectivity index (χ0v) is 17.4. The first-order valence-corrected chi connectivity index (χ1v) is 9.66. The second-order valence-corrected chi connectivity index (χ2v) is 7.68. The highest BCUT2D eigenvalue weighted by atomic mass is 35.5. The van der Waals surface area contributed by atoms with Gasteiger partial charge in [0.05, 0.1) is 5.39 Å². The van der Waals surface area contributed by atoms with E-state index in [0.29, 0.717) is 35.2 Å². The number of benzene rings is 2. The predicted octanol–water partition coefficient (Wildman–Crippen LogP) is 3.65. The number of nitrogens with zero attached hydrogens (tertiary/aromatic N) is 3. The van der Waals surface area contributed by atoms with E-state index in [-0.39, 0.29) is 29.8 Å². The van der Waals surface area contributed by atoms with Crippen LogP contribution in [0.3, 0.4) is 0 Å². The van der Waals surface area contributed by atoms with Crippen LogP contribution in [-0.2, 0) is 13.0 Å². The second-order valence-electron chi connectivity index (χ2n) is 7.68. The summed E-state index contributed by atoms with van der Waals surface area (Å²) in [6.07, 6.45) is 1.70. The lowest BCUT2D eigenvalue weighted by atomic mass is 9.99. The fraction of sp³-hybridized carbons (Fsp3) is 0.318. The SMILES string of the molecule is CC(C)Cn1nc(C(=O)N2CCCc3c(N)cccc32)c2ccccc2c1=O.Cl. The van der Waals surface area contributed by atoms with E-state index in [1.807, 2.05) is 44.2 Å². The summed E-state index contributed by atoms with van der Waals surface area (Å²) < 4.78 is 1.42. The number of nitrogens with two attached hydrogens (primary N) is 1. The fourth-order valence-corrected chi connectivity index (χ4v) is 3.85. The molecule has 4 rings (SSSR count). The lowest BCUT2D eigenvalue weighted by molar-refractivity contribution is 0.0979.